The minimum absolute atomic E-state index is 0.357. The summed E-state index contributed by atoms with van der Waals surface area (Å²) >= 11 is 0. The fourth-order valence-electron chi connectivity index (χ4n) is 2.77. The van der Waals surface area contributed by atoms with Crippen molar-refractivity contribution in [3.05, 3.63) is 0 Å². The lowest BCUT2D eigenvalue weighted by atomic mass is 9.73. The van der Waals surface area contributed by atoms with Crippen LogP contribution in [0.15, 0.2) is 0 Å². The molecule has 82 valence electrons. The van der Waals surface area contributed by atoms with E-state index in [9.17, 15) is 8.42 Å². The fraction of sp³-hybridized carbons (Fsp3) is 1.00. The zero-order chi connectivity index (χ0) is 10.2. The van der Waals surface area contributed by atoms with Crippen LogP contribution in [0, 0.1) is 11.3 Å². The Morgan fingerprint density at radius 1 is 1.29 bits per heavy atom. The molecule has 0 aromatic rings. The van der Waals surface area contributed by atoms with Gasteiger partial charge in [0.15, 0.2) is 0 Å². The standard InChI is InChI=1S/C10H19NO2S/c1-10(4-5-11-8-10)9-2-6-14(12,13)7-3-9/h9,11H,2-8H2,1H3. The van der Waals surface area contributed by atoms with Crippen LogP contribution in [-0.4, -0.2) is 33.0 Å². The van der Waals surface area contributed by atoms with Crippen LogP contribution in [0.5, 0.6) is 0 Å². The van der Waals surface area contributed by atoms with Gasteiger partial charge < -0.3 is 5.32 Å². The Kier molecular flexibility index (Phi) is 2.60. The van der Waals surface area contributed by atoms with Crippen LogP contribution in [-0.2, 0) is 9.84 Å². The van der Waals surface area contributed by atoms with Crippen molar-refractivity contribution in [2.75, 3.05) is 24.6 Å². The summed E-state index contributed by atoms with van der Waals surface area (Å²) in [6.07, 6.45) is 2.96. The van der Waals surface area contributed by atoms with Crippen LogP contribution in [0.4, 0.5) is 0 Å². The van der Waals surface area contributed by atoms with Gasteiger partial charge in [-0.3, -0.25) is 0 Å². The summed E-state index contributed by atoms with van der Waals surface area (Å²) in [5.74, 6) is 1.43. The monoisotopic (exact) mass is 217 g/mol. The van der Waals surface area contributed by atoms with E-state index < -0.39 is 9.84 Å². The molecule has 4 heteroatoms. The first-order chi connectivity index (χ1) is 6.52. The average molecular weight is 217 g/mol. The maximum atomic E-state index is 11.3. The SMILES string of the molecule is CC1(C2CCS(=O)(=O)CC2)CCNC1. The Hall–Kier alpha value is -0.0900. The molecule has 14 heavy (non-hydrogen) atoms. The third-order valence-corrected chi connectivity index (χ3v) is 5.66. The van der Waals surface area contributed by atoms with E-state index in [-0.39, 0.29) is 0 Å². The first kappa shape index (κ1) is 10.4. The van der Waals surface area contributed by atoms with Gasteiger partial charge in [0.25, 0.3) is 0 Å². The third kappa shape index (κ3) is 1.96. The molecule has 2 aliphatic rings. The van der Waals surface area contributed by atoms with Crippen molar-refractivity contribution < 1.29 is 8.42 Å². The van der Waals surface area contributed by atoms with Gasteiger partial charge in [-0.2, -0.15) is 0 Å². The summed E-state index contributed by atoms with van der Waals surface area (Å²) in [5.41, 5.74) is 0.357. The molecule has 2 fully saturated rings. The lowest BCUT2D eigenvalue weighted by molar-refractivity contribution is 0.195. The van der Waals surface area contributed by atoms with E-state index in [2.05, 4.69) is 12.2 Å². The van der Waals surface area contributed by atoms with E-state index in [1.54, 1.807) is 0 Å². The second-order valence-electron chi connectivity index (χ2n) is 5.01. The summed E-state index contributed by atoms with van der Waals surface area (Å²) in [4.78, 5) is 0. The van der Waals surface area contributed by atoms with Crippen molar-refractivity contribution in [3.63, 3.8) is 0 Å². The Morgan fingerprint density at radius 2 is 1.93 bits per heavy atom. The molecule has 0 spiro atoms. The van der Waals surface area contributed by atoms with Gasteiger partial charge in [0.1, 0.15) is 9.84 Å². The molecule has 2 rings (SSSR count). The van der Waals surface area contributed by atoms with Crippen LogP contribution >= 0.6 is 0 Å². The van der Waals surface area contributed by atoms with Crippen molar-refractivity contribution in [2.45, 2.75) is 26.2 Å². The molecular formula is C10H19NO2S. The fourth-order valence-corrected chi connectivity index (χ4v) is 4.26. The van der Waals surface area contributed by atoms with Crippen molar-refractivity contribution in [2.24, 2.45) is 11.3 Å². The topological polar surface area (TPSA) is 46.2 Å². The second-order valence-corrected chi connectivity index (χ2v) is 7.31. The second kappa shape index (κ2) is 3.49. The molecule has 2 aliphatic heterocycles. The van der Waals surface area contributed by atoms with Crippen LogP contribution in [0.2, 0.25) is 0 Å². The van der Waals surface area contributed by atoms with Crippen LogP contribution in [0.3, 0.4) is 0 Å². The molecule has 0 bridgehead atoms. The number of hydrogen-bond acceptors (Lipinski definition) is 3. The van der Waals surface area contributed by atoms with Gasteiger partial charge in [0.2, 0.25) is 0 Å². The van der Waals surface area contributed by atoms with E-state index in [1.165, 1.54) is 6.42 Å². The van der Waals surface area contributed by atoms with Gasteiger partial charge in [-0.05, 0) is 37.1 Å². The number of nitrogens with one attached hydrogen (secondary N) is 1. The largest absolute Gasteiger partial charge is 0.316 e. The minimum Gasteiger partial charge on any atom is -0.316 e. The van der Waals surface area contributed by atoms with E-state index >= 15 is 0 Å². The predicted molar refractivity (Wildman–Crippen MR) is 57.0 cm³/mol. The van der Waals surface area contributed by atoms with E-state index in [4.69, 9.17) is 0 Å². The first-order valence-electron chi connectivity index (χ1n) is 5.43. The molecule has 1 unspecified atom stereocenters. The Morgan fingerprint density at radius 3 is 2.43 bits per heavy atom. The van der Waals surface area contributed by atoms with Crippen molar-refractivity contribution in [3.8, 4) is 0 Å². The lowest BCUT2D eigenvalue weighted by Gasteiger charge is -2.36. The lowest BCUT2D eigenvalue weighted by Crippen LogP contribution is -2.36. The van der Waals surface area contributed by atoms with Crippen molar-refractivity contribution in [1.82, 2.24) is 5.32 Å². The summed E-state index contributed by atoms with van der Waals surface area (Å²) < 4.78 is 22.6. The van der Waals surface area contributed by atoms with Crippen LogP contribution in [0.25, 0.3) is 0 Å². The number of sulfone groups is 1. The molecule has 0 amide bonds. The highest BCUT2D eigenvalue weighted by atomic mass is 32.2. The van der Waals surface area contributed by atoms with Crippen LogP contribution < -0.4 is 5.32 Å². The van der Waals surface area contributed by atoms with Crippen LogP contribution in [0.1, 0.15) is 26.2 Å². The molecular weight excluding hydrogens is 198 g/mol. The molecule has 0 radical (unpaired) electrons. The molecule has 0 aliphatic carbocycles. The molecule has 0 aromatic heterocycles. The Labute approximate surface area is 86.2 Å². The molecule has 2 saturated heterocycles. The van der Waals surface area contributed by atoms with Gasteiger partial charge in [0, 0.05) is 6.54 Å². The summed E-state index contributed by atoms with van der Waals surface area (Å²) in [6, 6.07) is 0. The number of rotatable bonds is 1. The van der Waals surface area contributed by atoms with Crippen molar-refractivity contribution >= 4 is 9.84 Å². The van der Waals surface area contributed by atoms with Gasteiger partial charge in [-0.15, -0.1) is 0 Å². The van der Waals surface area contributed by atoms with E-state index in [1.807, 2.05) is 0 Å². The van der Waals surface area contributed by atoms with Gasteiger partial charge in [0.05, 0.1) is 11.5 Å². The van der Waals surface area contributed by atoms with Crippen molar-refractivity contribution in [1.29, 1.82) is 0 Å². The molecule has 3 nitrogen and oxygen atoms in total. The number of hydrogen-bond donors (Lipinski definition) is 1. The molecule has 0 saturated carbocycles. The quantitative estimate of drug-likeness (QED) is 0.707. The first-order valence-corrected chi connectivity index (χ1v) is 7.25. The summed E-state index contributed by atoms with van der Waals surface area (Å²) in [5, 5.41) is 3.38. The zero-order valence-corrected chi connectivity index (χ0v) is 9.57. The Bertz CT molecular complexity index is 290. The molecule has 0 aromatic carbocycles. The normalized spacial score (nSPS) is 38.6. The van der Waals surface area contributed by atoms with E-state index in [0.717, 1.165) is 25.9 Å². The maximum Gasteiger partial charge on any atom is 0.150 e. The third-order valence-electron chi connectivity index (χ3n) is 3.94. The van der Waals surface area contributed by atoms with Gasteiger partial charge >= 0.3 is 0 Å². The van der Waals surface area contributed by atoms with Gasteiger partial charge in [-0.1, -0.05) is 6.92 Å². The van der Waals surface area contributed by atoms with E-state index in [0.29, 0.717) is 22.8 Å². The zero-order valence-electron chi connectivity index (χ0n) is 8.75. The summed E-state index contributed by atoms with van der Waals surface area (Å²) in [6.45, 7) is 4.47. The highest BCUT2D eigenvalue weighted by molar-refractivity contribution is 7.91. The molecule has 2 heterocycles. The molecule has 1 atom stereocenters. The average Bonchev–Trinajstić information content (AvgIpc) is 2.53. The maximum absolute atomic E-state index is 11.3. The summed E-state index contributed by atoms with van der Waals surface area (Å²) in [7, 11) is -2.69. The minimum atomic E-state index is -2.69. The Balaban J connectivity index is 2.01. The highest BCUT2D eigenvalue weighted by Crippen LogP contribution is 2.40. The predicted octanol–water partition coefficient (Wildman–Crippen LogP) is 0.811. The van der Waals surface area contributed by atoms with Gasteiger partial charge in [-0.25, -0.2) is 8.42 Å². The smallest absolute Gasteiger partial charge is 0.150 e. The highest BCUT2D eigenvalue weighted by Gasteiger charge is 2.39. The molecule has 1 N–H and O–H groups in total.